The largest absolute Gasteiger partial charge is 0.285 e. The van der Waals surface area contributed by atoms with E-state index < -0.39 is 0 Å². The van der Waals surface area contributed by atoms with Crippen LogP contribution in [0.25, 0.3) is 11.3 Å². The number of aromatic amines is 1. The van der Waals surface area contributed by atoms with Gasteiger partial charge in [-0.3, -0.25) is 5.10 Å². The second kappa shape index (κ2) is 2.85. The first-order valence-corrected chi connectivity index (χ1v) is 3.93. The molecule has 1 heterocycles. The van der Waals surface area contributed by atoms with Crippen molar-refractivity contribution in [3.63, 3.8) is 0 Å². The molecule has 58 valence electrons. The molecule has 0 saturated carbocycles. The molecule has 2 rings (SSSR count). The first-order valence-electron chi connectivity index (χ1n) is 3.93. The highest BCUT2D eigenvalue weighted by molar-refractivity contribution is 6.32. The fourth-order valence-corrected chi connectivity index (χ4v) is 1.23. The Morgan fingerprint density at radius 2 is 2.17 bits per heavy atom. The number of nitrogens with zero attached hydrogens (tertiary/aromatic N) is 1. The Morgan fingerprint density at radius 1 is 1.25 bits per heavy atom. The normalized spacial score (nSPS) is 10.0. The van der Waals surface area contributed by atoms with Gasteiger partial charge in [-0.05, 0) is 6.07 Å². The van der Waals surface area contributed by atoms with E-state index in [-0.39, 0.29) is 0 Å². The summed E-state index contributed by atoms with van der Waals surface area (Å²) in [5, 5.41) is 6.90. The second-order valence-electron chi connectivity index (χ2n) is 2.83. The van der Waals surface area contributed by atoms with Crippen LogP contribution in [0.5, 0.6) is 0 Å². The summed E-state index contributed by atoms with van der Waals surface area (Å²) in [6, 6.07) is 10.3. The quantitative estimate of drug-likeness (QED) is 0.592. The predicted octanol–water partition coefficient (Wildman–Crippen LogP) is 0.335. The van der Waals surface area contributed by atoms with E-state index in [9.17, 15) is 0 Å². The van der Waals surface area contributed by atoms with Gasteiger partial charge in [-0.1, -0.05) is 29.7 Å². The van der Waals surface area contributed by atoms with Crippen LogP contribution in [0.1, 0.15) is 0 Å². The Labute approximate surface area is 72.0 Å². The highest BCUT2D eigenvalue weighted by Gasteiger charge is 1.97. The van der Waals surface area contributed by atoms with Crippen molar-refractivity contribution in [1.29, 1.82) is 0 Å². The minimum absolute atomic E-state index is 0.999. The van der Waals surface area contributed by atoms with Gasteiger partial charge >= 0.3 is 0 Å². The number of rotatable bonds is 1. The van der Waals surface area contributed by atoms with Crippen molar-refractivity contribution in [3.8, 4) is 11.3 Å². The summed E-state index contributed by atoms with van der Waals surface area (Å²) in [6.45, 7) is 0. The van der Waals surface area contributed by atoms with Crippen molar-refractivity contribution in [2.45, 2.75) is 0 Å². The first kappa shape index (κ1) is 7.16. The molecule has 0 spiro atoms. The zero-order valence-electron chi connectivity index (χ0n) is 6.91. The zero-order chi connectivity index (χ0) is 8.39. The summed E-state index contributed by atoms with van der Waals surface area (Å²) in [5.74, 6) is 0. The van der Waals surface area contributed by atoms with Crippen molar-refractivity contribution in [3.05, 3.63) is 36.5 Å². The fraction of sp³-hybridized carbons (Fsp3) is 0. The van der Waals surface area contributed by atoms with Crippen molar-refractivity contribution in [1.82, 2.24) is 10.2 Å². The SMILES string of the molecule is Bc1cccc(-c2cc[nH]n2)c1. The molecule has 0 fully saturated rings. The smallest absolute Gasteiger partial charge is 0.139 e. The molecular weight excluding hydrogens is 147 g/mol. The number of hydrogen-bond donors (Lipinski definition) is 1. The number of aromatic nitrogens is 2. The number of H-pyrrole nitrogens is 1. The molecule has 3 heteroatoms. The zero-order valence-corrected chi connectivity index (χ0v) is 6.91. The maximum atomic E-state index is 4.10. The van der Waals surface area contributed by atoms with E-state index in [4.69, 9.17) is 0 Å². The minimum atomic E-state index is 0.999. The molecule has 0 aliphatic rings. The van der Waals surface area contributed by atoms with E-state index in [1.165, 1.54) is 5.46 Å². The van der Waals surface area contributed by atoms with Crippen LogP contribution in [-0.2, 0) is 0 Å². The van der Waals surface area contributed by atoms with Crippen molar-refractivity contribution in [2.24, 2.45) is 0 Å². The van der Waals surface area contributed by atoms with E-state index in [0.717, 1.165) is 11.3 Å². The van der Waals surface area contributed by atoms with Crippen LogP contribution >= 0.6 is 0 Å². The van der Waals surface area contributed by atoms with Crippen molar-refractivity contribution in [2.75, 3.05) is 0 Å². The van der Waals surface area contributed by atoms with Crippen LogP contribution in [0.15, 0.2) is 36.5 Å². The molecule has 0 amide bonds. The third-order valence-electron chi connectivity index (χ3n) is 1.81. The maximum Gasteiger partial charge on any atom is 0.139 e. The highest BCUT2D eigenvalue weighted by Crippen LogP contribution is 2.12. The Balaban J connectivity index is 2.48. The Morgan fingerprint density at radius 3 is 2.83 bits per heavy atom. The predicted molar refractivity (Wildman–Crippen MR) is 52.2 cm³/mol. The number of nitrogens with one attached hydrogen (secondary N) is 1. The van der Waals surface area contributed by atoms with Gasteiger partial charge in [-0.15, -0.1) is 0 Å². The fourth-order valence-electron chi connectivity index (χ4n) is 1.23. The van der Waals surface area contributed by atoms with Gasteiger partial charge in [0.05, 0.1) is 5.69 Å². The molecule has 1 N–H and O–H groups in total. The molecule has 12 heavy (non-hydrogen) atoms. The molecular formula is C9H9BN2. The second-order valence-corrected chi connectivity index (χ2v) is 2.83. The molecule has 0 aliphatic heterocycles. The summed E-state index contributed by atoms with van der Waals surface area (Å²) in [5.41, 5.74) is 3.42. The molecule has 0 saturated heterocycles. The van der Waals surface area contributed by atoms with Gasteiger partial charge < -0.3 is 0 Å². The topological polar surface area (TPSA) is 28.7 Å². The molecule has 2 aromatic rings. The lowest BCUT2D eigenvalue weighted by molar-refractivity contribution is 1.10. The van der Waals surface area contributed by atoms with Crippen LogP contribution in [0, 0.1) is 0 Å². The number of benzene rings is 1. The van der Waals surface area contributed by atoms with Crippen molar-refractivity contribution < 1.29 is 0 Å². The lowest BCUT2D eigenvalue weighted by atomic mass is 9.94. The molecule has 1 aromatic carbocycles. The van der Waals surface area contributed by atoms with Gasteiger partial charge in [0, 0.05) is 11.8 Å². The third kappa shape index (κ3) is 1.26. The molecule has 0 unspecified atom stereocenters. The lowest BCUT2D eigenvalue weighted by Gasteiger charge is -1.96. The molecule has 0 bridgehead atoms. The van der Waals surface area contributed by atoms with Gasteiger partial charge in [0.25, 0.3) is 0 Å². The maximum absolute atomic E-state index is 4.10. The van der Waals surface area contributed by atoms with E-state index in [0.29, 0.717) is 0 Å². The van der Waals surface area contributed by atoms with Gasteiger partial charge in [0.15, 0.2) is 0 Å². The average molecular weight is 156 g/mol. The molecule has 0 radical (unpaired) electrons. The van der Waals surface area contributed by atoms with Crippen LogP contribution in [-0.4, -0.2) is 18.0 Å². The molecule has 2 nitrogen and oxygen atoms in total. The van der Waals surface area contributed by atoms with Crippen LogP contribution < -0.4 is 5.46 Å². The average Bonchev–Trinajstić information content (AvgIpc) is 2.56. The molecule has 0 atom stereocenters. The van der Waals surface area contributed by atoms with Crippen LogP contribution in [0.2, 0.25) is 0 Å². The summed E-state index contributed by atoms with van der Waals surface area (Å²) in [7, 11) is 2.08. The molecule has 0 aliphatic carbocycles. The Bertz CT molecular complexity index is 368. The molecule has 1 aromatic heterocycles. The summed E-state index contributed by atoms with van der Waals surface area (Å²) >= 11 is 0. The van der Waals surface area contributed by atoms with Crippen molar-refractivity contribution >= 4 is 13.3 Å². The van der Waals surface area contributed by atoms with Gasteiger partial charge in [-0.25, -0.2) is 0 Å². The van der Waals surface area contributed by atoms with E-state index in [1.807, 2.05) is 18.3 Å². The summed E-state index contributed by atoms with van der Waals surface area (Å²) in [4.78, 5) is 0. The van der Waals surface area contributed by atoms with E-state index >= 15 is 0 Å². The van der Waals surface area contributed by atoms with E-state index in [1.54, 1.807) is 0 Å². The summed E-state index contributed by atoms with van der Waals surface area (Å²) < 4.78 is 0. The summed E-state index contributed by atoms with van der Waals surface area (Å²) in [6.07, 6.45) is 1.83. The third-order valence-corrected chi connectivity index (χ3v) is 1.81. The van der Waals surface area contributed by atoms with Crippen LogP contribution in [0.3, 0.4) is 0 Å². The van der Waals surface area contributed by atoms with Crippen LogP contribution in [0.4, 0.5) is 0 Å². The Kier molecular flexibility index (Phi) is 1.70. The Hall–Kier alpha value is -1.51. The van der Waals surface area contributed by atoms with Gasteiger partial charge in [0.2, 0.25) is 0 Å². The van der Waals surface area contributed by atoms with Gasteiger partial charge in [-0.2, -0.15) is 5.10 Å². The minimum Gasteiger partial charge on any atom is -0.285 e. The lowest BCUT2D eigenvalue weighted by Crippen LogP contribution is -2.00. The number of hydrogen-bond acceptors (Lipinski definition) is 1. The van der Waals surface area contributed by atoms with E-state index in [2.05, 4.69) is 36.2 Å². The first-order chi connectivity index (χ1) is 5.86. The standard InChI is InChI=1S/C9H9BN2/c10-8-3-1-2-7(6-8)9-4-5-11-12-9/h1-6H,10H2,(H,11,12). The monoisotopic (exact) mass is 156 g/mol. The highest BCUT2D eigenvalue weighted by atomic mass is 15.1. The van der Waals surface area contributed by atoms with Gasteiger partial charge in [0.1, 0.15) is 7.85 Å².